The molecule has 3 aromatic rings. The van der Waals surface area contributed by atoms with Crippen molar-refractivity contribution in [3.63, 3.8) is 0 Å². The molecule has 310 valence electrons. The molecular weight excluding hydrogens is 755 g/mol. The molecule has 0 aliphatic carbocycles. The molecule has 3 heterocycles. The molecule has 2 aliphatic heterocycles. The Hall–Kier alpha value is -4.70. The van der Waals surface area contributed by atoms with Crippen LogP contribution in [0.5, 0.6) is 17.2 Å². The number of Topliss-reactive ketones (excluding diaryl/α,β-unsaturated/α-hetero) is 1. The van der Waals surface area contributed by atoms with Gasteiger partial charge < -0.3 is 49.6 Å². The van der Waals surface area contributed by atoms with Crippen molar-refractivity contribution in [1.82, 2.24) is 4.98 Å². The summed E-state index contributed by atoms with van der Waals surface area (Å²) in [6, 6.07) is 0. The van der Waals surface area contributed by atoms with E-state index in [0.29, 0.717) is 22.9 Å². The van der Waals surface area contributed by atoms with Gasteiger partial charge in [0.2, 0.25) is 0 Å². The van der Waals surface area contributed by atoms with Crippen molar-refractivity contribution in [2.24, 2.45) is 23.7 Å². The fourth-order valence-electron chi connectivity index (χ4n) is 7.74. The van der Waals surface area contributed by atoms with Crippen molar-refractivity contribution in [3.05, 3.63) is 47.3 Å². The SMILES string of the molecule is CCN(CC)c1nc2c(s1)c1c(O)c3c(O)c(C)c4c(c32)C(=O)[C@@](C)(O/C=C/[C@H](OC)[C@H](C)[C@@H](OC(C)=O)[C@H](C)[C@H](O)[C@H](C)[C@@H](O)[C@@H](C)/C=C/C=C(C)C(=O)N1)O4. The number of carbonyl (C=O) groups is 3. The third-order valence-corrected chi connectivity index (χ3v) is 12.5. The average molecular weight is 810 g/mol. The number of rotatable bonds is 5. The fraction of sp³-hybridized carbons (Fsp3) is 0.524. The predicted octanol–water partition coefficient (Wildman–Crippen LogP) is 6.50. The molecule has 57 heavy (non-hydrogen) atoms. The summed E-state index contributed by atoms with van der Waals surface area (Å²) in [5.41, 5.74) is 0.740. The Labute approximate surface area is 336 Å². The Morgan fingerprint density at radius 3 is 2.28 bits per heavy atom. The van der Waals surface area contributed by atoms with Crippen LogP contribution in [0.3, 0.4) is 0 Å². The number of allylic oxidation sites excluding steroid dienone is 2. The third-order valence-electron chi connectivity index (χ3n) is 11.4. The number of ether oxygens (including phenoxy) is 4. The minimum Gasteiger partial charge on any atom is -0.507 e. The van der Waals surface area contributed by atoms with Crippen molar-refractivity contribution in [3.8, 4) is 17.2 Å². The number of ketones is 1. The number of carbonyl (C=O) groups excluding carboxylic acids is 3. The van der Waals surface area contributed by atoms with E-state index in [2.05, 4.69) is 5.32 Å². The number of nitrogens with one attached hydrogen (secondary N) is 1. The molecule has 0 spiro atoms. The van der Waals surface area contributed by atoms with Gasteiger partial charge in [-0.2, -0.15) is 0 Å². The van der Waals surface area contributed by atoms with Gasteiger partial charge in [-0.25, -0.2) is 4.98 Å². The van der Waals surface area contributed by atoms with Gasteiger partial charge in [-0.15, -0.1) is 0 Å². The molecule has 5 rings (SSSR count). The van der Waals surface area contributed by atoms with E-state index in [4.69, 9.17) is 23.9 Å². The first-order valence-corrected chi connectivity index (χ1v) is 20.0. The van der Waals surface area contributed by atoms with Gasteiger partial charge in [-0.3, -0.25) is 14.4 Å². The number of methoxy groups -OCH3 is 1. The van der Waals surface area contributed by atoms with Crippen molar-refractivity contribution >= 4 is 60.8 Å². The summed E-state index contributed by atoms with van der Waals surface area (Å²) in [7, 11) is 1.46. The Morgan fingerprint density at radius 2 is 1.67 bits per heavy atom. The molecule has 14 nitrogen and oxygen atoms in total. The van der Waals surface area contributed by atoms with E-state index in [1.165, 1.54) is 38.6 Å². The second-order valence-corrected chi connectivity index (χ2v) is 16.2. The first kappa shape index (κ1) is 43.4. The van der Waals surface area contributed by atoms with Gasteiger partial charge in [-0.05, 0) is 33.8 Å². The third kappa shape index (κ3) is 7.94. The van der Waals surface area contributed by atoms with Crippen LogP contribution >= 0.6 is 11.3 Å². The quantitative estimate of drug-likeness (QED) is 0.138. The highest BCUT2D eigenvalue weighted by Gasteiger charge is 2.50. The van der Waals surface area contributed by atoms with Gasteiger partial charge in [0, 0.05) is 74.2 Å². The Morgan fingerprint density at radius 1 is 1.00 bits per heavy atom. The lowest BCUT2D eigenvalue weighted by Crippen LogP contribution is -2.46. The summed E-state index contributed by atoms with van der Waals surface area (Å²) in [4.78, 5) is 47.5. The number of amides is 1. The van der Waals surface area contributed by atoms with Crippen molar-refractivity contribution in [2.75, 3.05) is 30.4 Å². The van der Waals surface area contributed by atoms with Crippen LogP contribution in [0.1, 0.15) is 78.2 Å². The maximum Gasteiger partial charge on any atom is 0.312 e. The van der Waals surface area contributed by atoms with Crippen molar-refractivity contribution in [2.45, 2.75) is 99.4 Å². The van der Waals surface area contributed by atoms with E-state index < -0.39 is 77.3 Å². The minimum atomic E-state index is -1.94. The van der Waals surface area contributed by atoms with Crippen LogP contribution in [0.4, 0.5) is 10.8 Å². The molecule has 0 radical (unpaired) electrons. The summed E-state index contributed by atoms with van der Waals surface area (Å²) in [6.45, 7) is 18.0. The first-order valence-electron chi connectivity index (χ1n) is 19.2. The number of aromatic hydroxyl groups is 2. The molecule has 1 aromatic heterocycles. The second-order valence-electron chi connectivity index (χ2n) is 15.2. The largest absolute Gasteiger partial charge is 0.507 e. The summed E-state index contributed by atoms with van der Waals surface area (Å²) in [5, 5.41) is 49.9. The van der Waals surface area contributed by atoms with Crippen LogP contribution in [0.2, 0.25) is 0 Å². The van der Waals surface area contributed by atoms with Gasteiger partial charge in [-0.1, -0.05) is 57.3 Å². The molecule has 0 unspecified atom stereocenters. The van der Waals surface area contributed by atoms with Crippen molar-refractivity contribution < 1.29 is 53.8 Å². The van der Waals surface area contributed by atoms with Gasteiger partial charge in [0.05, 0.1) is 45.7 Å². The number of fused-ring (bicyclic) bond motifs is 1. The highest BCUT2D eigenvalue weighted by atomic mass is 32.1. The van der Waals surface area contributed by atoms with E-state index >= 15 is 0 Å². The molecule has 1 amide bonds. The Bertz CT molecular complexity index is 2140. The number of esters is 1. The maximum absolute atomic E-state index is 14.5. The molecule has 5 N–H and O–H groups in total. The standard InChI is InChI=1S/C42H55N3O11S/c1-12-45(13-2)41-44-30-27-28-34(49)24(8)37-29(27)39(51)42(10,56-37)54-18-17-26(53-11)21(5)36(55-25(9)46)23(7)33(48)22(6)32(47)19(3)15-14-16-20(4)40(52)43-31(35(28)50)38(30)57-41/h14-19,21-23,26,32-33,36,47-50H,12-13H2,1-11H3,(H,43,52)/b15-14+,18-17+,20-16?/t19-,21-,22+,23+,26-,32-,33+,36+,42-/m0/s1. The van der Waals surface area contributed by atoms with Gasteiger partial charge in [0.15, 0.2) is 10.9 Å². The highest BCUT2D eigenvalue weighted by molar-refractivity contribution is 7.23. The number of anilines is 2. The monoisotopic (exact) mass is 809 g/mol. The van der Waals surface area contributed by atoms with Crippen LogP contribution in [0.25, 0.3) is 21.0 Å². The average Bonchev–Trinajstić information content (AvgIpc) is 3.72. The lowest BCUT2D eigenvalue weighted by Gasteiger charge is -2.38. The van der Waals surface area contributed by atoms with Crippen molar-refractivity contribution in [1.29, 1.82) is 0 Å². The number of aliphatic hydroxyl groups is 2. The first-order chi connectivity index (χ1) is 26.8. The molecule has 0 saturated heterocycles. The van der Waals surface area contributed by atoms with E-state index in [0.717, 1.165) is 0 Å². The molecule has 9 atom stereocenters. The summed E-state index contributed by atoms with van der Waals surface area (Å²) < 4.78 is 24.2. The van der Waals surface area contributed by atoms with Gasteiger partial charge in [0.25, 0.3) is 11.7 Å². The predicted molar refractivity (Wildman–Crippen MR) is 219 cm³/mol. The van der Waals surface area contributed by atoms with E-state index in [9.17, 15) is 34.8 Å². The fourth-order valence-corrected chi connectivity index (χ4v) is 8.94. The van der Waals surface area contributed by atoms with E-state index in [-0.39, 0.29) is 50.2 Å². The van der Waals surface area contributed by atoms with Gasteiger partial charge >= 0.3 is 11.8 Å². The zero-order valence-corrected chi connectivity index (χ0v) is 35.2. The molecule has 0 fully saturated rings. The maximum atomic E-state index is 14.5. The number of phenolic OH excluding ortho intramolecular Hbond substituents is 2. The van der Waals surface area contributed by atoms with E-state index in [1.54, 1.807) is 65.8 Å². The molecule has 4 bridgehead atoms. The number of aromatic nitrogens is 1. The molecule has 15 heteroatoms. The molecule has 2 aliphatic rings. The lowest BCUT2D eigenvalue weighted by molar-refractivity contribution is -0.160. The number of benzene rings is 2. The van der Waals surface area contributed by atoms with Crippen LogP contribution < -0.4 is 15.0 Å². The zero-order valence-electron chi connectivity index (χ0n) is 34.4. The molecule has 0 saturated carbocycles. The summed E-state index contributed by atoms with van der Waals surface area (Å²) >= 11 is 1.22. The Kier molecular flexibility index (Phi) is 13.0. The highest BCUT2D eigenvalue weighted by Crippen LogP contribution is 2.55. The van der Waals surface area contributed by atoms with Crippen LogP contribution in [0, 0.1) is 30.6 Å². The topological polar surface area (TPSA) is 197 Å². The van der Waals surface area contributed by atoms with E-state index in [1.807, 2.05) is 18.7 Å². The number of hydrogen-bond acceptors (Lipinski definition) is 14. The summed E-state index contributed by atoms with van der Waals surface area (Å²) in [6.07, 6.45) is 3.95. The Balaban J connectivity index is 1.75. The number of aliphatic hydroxyl groups excluding tert-OH is 2. The van der Waals surface area contributed by atoms with Crippen LogP contribution in [0.15, 0.2) is 36.1 Å². The normalized spacial score (nSPS) is 29.8. The minimum absolute atomic E-state index is 0.0139. The summed E-state index contributed by atoms with van der Waals surface area (Å²) in [5.74, 6) is -6.80. The number of thiazole rings is 1. The lowest BCUT2D eigenvalue weighted by atomic mass is 9.78. The number of nitrogens with zero attached hydrogens (tertiary/aromatic N) is 2. The van der Waals surface area contributed by atoms with Crippen LogP contribution in [-0.4, -0.2) is 93.5 Å². The van der Waals surface area contributed by atoms with Crippen LogP contribution in [-0.2, 0) is 23.8 Å². The molecular formula is C42H55N3O11S. The zero-order chi connectivity index (χ0) is 42.3. The number of hydrogen-bond donors (Lipinski definition) is 5. The number of phenols is 2. The molecule has 2 aromatic carbocycles. The second kappa shape index (κ2) is 17.0. The van der Waals surface area contributed by atoms with Gasteiger partial charge in [0.1, 0.15) is 23.3 Å². The smallest absolute Gasteiger partial charge is 0.312 e.